The van der Waals surface area contributed by atoms with E-state index in [1.165, 1.54) is 19.2 Å². The van der Waals surface area contributed by atoms with E-state index in [0.717, 1.165) is 6.42 Å². The van der Waals surface area contributed by atoms with Gasteiger partial charge >= 0.3 is 0 Å². The number of nitrogens with two attached hydrogens (primary N) is 1. The van der Waals surface area contributed by atoms with Crippen LogP contribution in [-0.4, -0.2) is 13.2 Å². The molecular formula is C11H15F2NO. The average Bonchev–Trinajstić information content (AvgIpc) is 2.23. The lowest BCUT2D eigenvalue weighted by Crippen LogP contribution is -2.22. The van der Waals surface area contributed by atoms with Gasteiger partial charge in [0.25, 0.3) is 0 Å². The summed E-state index contributed by atoms with van der Waals surface area (Å²) in [5.74, 6) is -1.68. The zero-order chi connectivity index (χ0) is 11.4. The van der Waals surface area contributed by atoms with E-state index in [1.807, 2.05) is 6.92 Å². The normalized spacial score (nSPS) is 12.6. The average molecular weight is 215 g/mol. The maximum atomic E-state index is 13.6. The summed E-state index contributed by atoms with van der Waals surface area (Å²) in [7, 11) is 1.24. The molecule has 1 aromatic carbocycles. The molecule has 1 aromatic rings. The van der Waals surface area contributed by atoms with Crippen LogP contribution in [0.4, 0.5) is 8.78 Å². The molecule has 4 heteroatoms. The Labute approximate surface area is 88.0 Å². The Balaban J connectivity index is 2.99. The van der Waals surface area contributed by atoms with E-state index in [0.29, 0.717) is 12.0 Å². The molecular weight excluding hydrogens is 200 g/mol. The molecule has 0 heterocycles. The molecule has 1 unspecified atom stereocenters. The van der Waals surface area contributed by atoms with Crippen LogP contribution < -0.4 is 10.5 Å². The second-order valence-corrected chi connectivity index (χ2v) is 3.43. The number of rotatable bonds is 4. The molecule has 0 radical (unpaired) electrons. The van der Waals surface area contributed by atoms with E-state index >= 15 is 0 Å². The number of hydrogen-bond acceptors (Lipinski definition) is 2. The fourth-order valence-corrected chi connectivity index (χ4v) is 1.34. The van der Waals surface area contributed by atoms with Crippen LogP contribution in [0.15, 0.2) is 12.1 Å². The van der Waals surface area contributed by atoms with Crippen molar-refractivity contribution in [3.63, 3.8) is 0 Å². The smallest absolute Gasteiger partial charge is 0.190 e. The van der Waals surface area contributed by atoms with Gasteiger partial charge in [-0.05, 0) is 24.5 Å². The fraction of sp³-hybridized carbons (Fsp3) is 0.455. The molecule has 0 saturated carbocycles. The zero-order valence-electron chi connectivity index (χ0n) is 8.89. The minimum atomic E-state index is -0.691. The van der Waals surface area contributed by atoms with E-state index in [4.69, 9.17) is 5.73 Å². The molecule has 0 spiro atoms. The summed E-state index contributed by atoms with van der Waals surface area (Å²) in [6.07, 6.45) is 1.14. The molecule has 0 fully saturated rings. The van der Waals surface area contributed by atoms with E-state index in [1.54, 1.807) is 0 Å². The third-order valence-electron chi connectivity index (χ3n) is 2.34. The van der Waals surface area contributed by atoms with Gasteiger partial charge in [0.15, 0.2) is 17.4 Å². The van der Waals surface area contributed by atoms with Crippen LogP contribution in [0.1, 0.15) is 18.9 Å². The second kappa shape index (κ2) is 5.07. The summed E-state index contributed by atoms with van der Waals surface area (Å²) in [5, 5.41) is 0. The van der Waals surface area contributed by atoms with Crippen LogP contribution in [0.25, 0.3) is 0 Å². The Kier molecular flexibility index (Phi) is 4.03. The Hall–Kier alpha value is -1.16. The Morgan fingerprint density at radius 3 is 2.60 bits per heavy atom. The van der Waals surface area contributed by atoms with Gasteiger partial charge in [-0.3, -0.25) is 0 Å². The van der Waals surface area contributed by atoms with Crippen LogP contribution in [0, 0.1) is 11.6 Å². The molecule has 84 valence electrons. The molecule has 1 rings (SSSR count). The van der Waals surface area contributed by atoms with Crippen molar-refractivity contribution in [3.05, 3.63) is 29.3 Å². The van der Waals surface area contributed by atoms with Crippen LogP contribution in [0.2, 0.25) is 0 Å². The van der Waals surface area contributed by atoms with Gasteiger partial charge in [0.2, 0.25) is 0 Å². The first-order valence-electron chi connectivity index (χ1n) is 4.86. The highest BCUT2D eigenvalue weighted by Gasteiger charge is 2.15. The Morgan fingerprint density at radius 1 is 1.40 bits per heavy atom. The fourth-order valence-electron chi connectivity index (χ4n) is 1.34. The van der Waals surface area contributed by atoms with E-state index < -0.39 is 11.6 Å². The Morgan fingerprint density at radius 2 is 2.07 bits per heavy atom. The predicted molar refractivity (Wildman–Crippen MR) is 54.9 cm³/mol. The molecule has 1 atom stereocenters. The number of benzene rings is 1. The van der Waals surface area contributed by atoms with Crippen molar-refractivity contribution in [2.75, 3.05) is 7.11 Å². The largest absolute Gasteiger partial charge is 0.491 e. The van der Waals surface area contributed by atoms with Crippen molar-refractivity contribution in [2.45, 2.75) is 25.8 Å². The standard InChI is InChI=1S/C11H15F2NO/c1-3-8(14)6-7-4-5-9(12)11(15-2)10(7)13/h4-5,8H,3,6,14H2,1-2H3. The number of ether oxygens (including phenoxy) is 1. The summed E-state index contributed by atoms with van der Waals surface area (Å²) in [4.78, 5) is 0. The van der Waals surface area contributed by atoms with Crippen molar-refractivity contribution < 1.29 is 13.5 Å². The third-order valence-corrected chi connectivity index (χ3v) is 2.34. The molecule has 15 heavy (non-hydrogen) atoms. The van der Waals surface area contributed by atoms with Crippen LogP contribution in [-0.2, 0) is 6.42 Å². The summed E-state index contributed by atoms with van der Waals surface area (Å²) in [5.41, 5.74) is 6.09. The lowest BCUT2D eigenvalue weighted by molar-refractivity contribution is 0.357. The summed E-state index contributed by atoms with van der Waals surface area (Å²) in [6.45, 7) is 1.92. The van der Waals surface area contributed by atoms with E-state index in [9.17, 15) is 8.78 Å². The summed E-state index contributed by atoms with van der Waals surface area (Å²) in [6, 6.07) is 2.48. The molecule has 0 aromatic heterocycles. The lowest BCUT2D eigenvalue weighted by atomic mass is 10.0. The lowest BCUT2D eigenvalue weighted by Gasteiger charge is -2.11. The highest BCUT2D eigenvalue weighted by Crippen LogP contribution is 2.24. The van der Waals surface area contributed by atoms with Gasteiger partial charge in [0, 0.05) is 6.04 Å². The Bertz CT molecular complexity index is 342. The van der Waals surface area contributed by atoms with Crippen molar-refractivity contribution >= 4 is 0 Å². The quantitative estimate of drug-likeness (QED) is 0.836. The van der Waals surface area contributed by atoms with Gasteiger partial charge in [-0.15, -0.1) is 0 Å². The summed E-state index contributed by atoms with van der Waals surface area (Å²) >= 11 is 0. The second-order valence-electron chi connectivity index (χ2n) is 3.43. The molecule has 2 nitrogen and oxygen atoms in total. The van der Waals surface area contributed by atoms with Crippen molar-refractivity contribution in [1.29, 1.82) is 0 Å². The molecule has 2 N–H and O–H groups in total. The highest BCUT2D eigenvalue weighted by molar-refractivity contribution is 5.33. The van der Waals surface area contributed by atoms with Crippen LogP contribution in [0.5, 0.6) is 5.75 Å². The summed E-state index contributed by atoms with van der Waals surface area (Å²) < 4.78 is 31.3. The minimum absolute atomic E-state index is 0.116. The van der Waals surface area contributed by atoms with Crippen molar-refractivity contribution in [1.82, 2.24) is 0 Å². The molecule has 0 saturated heterocycles. The molecule has 0 aliphatic carbocycles. The van der Waals surface area contributed by atoms with Gasteiger partial charge in [0.1, 0.15) is 0 Å². The SMILES string of the molecule is CCC(N)Cc1ccc(F)c(OC)c1F. The van der Waals surface area contributed by atoms with E-state index in [2.05, 4.69) is 4.74 Å². The van der Waals surface area contributed by atoms with Gasteiger partial charge in [-0.25, -0.2) is 8.78 Å². The first-order valence-corrected chi connectivity index (χ1v) is 4.86. The van der Waals surface area contributed by atoms with Crippen LogP contribution in [0.3, 0.4) is 0 Å². The van der Waals surface area contributed by atoms with Gasteiger partial charge in [0.05, 0.1) is 7.11 Å². The first kappa shape index (κ1) is 11.9. The topological polar surface area (TPSA) is 35.2 Å². The minimum Gasteiger partial charge on any atom is -0.491 e. The molecule has 0 bridgehead atoms. The highest BCUT2D eigenvalue weighted by atomic mass is 19.1. The number of halogens is 2. The van der Waals surface area contributed by atoms with Crippen molar-refractivity contribution in [2.24, 2.45) is 5.73 Å². The monoisotopic (exact) mass is 215 g/mol. The number of hydrogen-bond donors (Lipinski definition) is 1. The van der Waals surface area contributed by atoms with Gasteiger partial charge < -0.3 is 10.5 Å². The van der Waals surface area contributed by atoms with Gasteiger partial charge in [-0.1, -0.05) is 13.0 Å². The maximum Gasteiger partial charge on any atom is 0.190 e. The van der Waals surface area contributed by atoms with Crippen molar-refractivity contribution in [3.8, 4) is 5.75 Å². The molecule has 0 amide bonds. The number of methoxy groups -OCH3 is 1. The predicted octanol–water partition coefficient (Wildman–Crippen LogP) is 2.25. The zero-order valence-corrected chi connectivity index (χ0v) is 8.89. The molecule has 0 aliphatic heterocycles. The first-order chi connectivity index (χ1) is 7.10. The molecule has 0 aliphatic rings. The van der Waals surface area contributed by atoms with Crippen LogP contribution >= 0.6 is 0 Å². The third kappa shape index (κ3) is 2.65. The van der Waals surface area contributed by atoms with E-state index in [-0.39, 0.29) is 11.8 Å². The van der Waals surface area contributed by atoms with Gasteiger partial charge in [-0.2, -0.15) is 0 Å². The maximum absolute atomic E-state index is 13.6.